The minimum atomic E-state index is 0.0540. The molecule has 1 aliphatic heterocycles. The first kappa shape index (κ1) is 23.3. The van der Waals surface area contributed by atoms with E-state index in [1.165, 1.54) is 10.5 Å². The molecule has 3 rings (SSSR count). The van der Waals surface area contributed by atoms with Gasteiger partial charge in [0.2, 0.25) is 0 Å². The number of hydrogen-bond acceptors (Lipinski definition) is 5. The van der Waals surface area contributed by atoms with Gasteiger partial charge in [-0.3, -0.25) is 0 Å². The van der Waals surface area contributed by atoms with Crippen molar-refractivity contribution in [2.75, 3.05) is 25.6 Å². The molecule has 0 amide bonds. The van der Waals surface area contributed by atoms with Crippen LogP contribution in [0.15, 0.2) is 46.0 Å². The molecule has 3 unspecified atom stereocenters. The molecule has 0 N–H and O–H groups in total. The number of epoxide rings is 1. The third-order valence-corrected chi connectivity index (χ3v) is 6.65. The fourth-order valence-corrected chi connectivity index (χ4v) is 4.29. The molecule has 1 aromatic carbocycles. The molecule has 0 bridgehead atoms. The van der Waals surface area contributed by atoms with E-state index in [4.69, 9.17) is 14.2 Å². The maximum Gasteiger partial charge on any atom is 0.119 e. The third kappa shape index (κ3) is 8.16. The first-order valence-corrected chi connectivity index (χ1v) is 12.2. The van der Waals surface area contributed by atoms with Crippen molar-refractivity contribution >= 4 is 23.1 Å². The van der Waals surface area contributed by atoms with E-state index in [1.54, 1.807) is 11.3 Å². The average molecular weight is 423 g/mol. The maximum absolute atomic E-state index is 6.01. The molecule has 2 aromatic rings. The van der Waals surface area contributed by atoms with Crippen LogP contribution >= 0.6 is 23.1 Å². The van der Waals surface area contributed by atoms with E-state index in [-0.39, 0.29) is 12.2 Å². The third-order valence-electron chi connectivity index (χ3n) is 4.69. The van der Waals surface area contributed by atoms with E-state index in [0.29, 0.717) is 25.0 Å². The van der Waals surface area contributed by atoms with E-state index in [9.17, 15) is 0 Å². The lowest BCUT2D eigenvalue weighted by molar-refractivity contribution is 0.0270. The van der Waals surface area contributed by atoms with E-state index < -0.39 is 0 Å². The second kappa shape index (κ2) is 12.5. The summed E-state index contributed by atoms with van der Waals surface area (Å²) in [5.41, 5.74) is 1.36. The van der Waals surface area contributed by atoms with Crippen molar-refractivity contribution in [1.29, 1.82) is 0 Å². The molecule has 3 atom stereocenters. The van der Waals surface area contributed by atoms with Crippen LogP contribution < -0.4 is 4.74 Å². The molecule has 0 saturated carbocycles. The predicted molar refractivity (Wildman–Crippen MR) is 121 cm³/mol. The highest BCUT2D eigenvalue weighted by Gasteiger charge is 2.24. The summed E-state index contributed by atoms with van der Waals surface area (Å²) < 4.78 is 17.3. The monoisotopic (exact) mass is 422 g/mol. The summed E-state index contributed by atoms with van der Waals surface area (Å²) in [6.45, 7) is 12.8. The van der Waals surface area contributed by atoms with Crippen LogP contribution in [0.1, 0.15) is 46.1 Å². The molecular weight excluding hydrogens is 388 g/mol. The zero-order valence-corrected chi connectivity index (χ0v) is 19.4. The van der Waals surface area contributed by atoms with Gasteiger partial charge in [-0.25, -0.2) is 0 Å². The lowest BCUT2D eigenvalue weighted by Gasteiger charge is -2.19. The highest BCUT2D eigenvalue weighted by molar-refractivity contribution is 7.99. The molecule has 2 heterocycles. The molecule has 0 radical (unpaired) electrons. The normalized spacial score (nSPS) is 17.6. The van der Waals surface area contributed by atoms with Crippen molar-refractivity contribution in [2.45, 2.75) is 57.6 Å². The van der Waals surface area contributed by atoms with Gasteiger partial charge in [-0.1, -0.05) is 46.8 Å². The Morgan fingerprint density at radius 1 is 1.14 bits per heavy atom. The molecule has 156 valence electrons. The van der Waals surface area contributed by atoms with Crippen LogP contribution in [-0.4, -0.2) is 37.8 Å². The van der Waals surface area contributed by atoms with Gasteiger partial charge in [-0.2, -0.15) is 11.3 Å². The summed E-state index contributed by atoms with van der Waals surface area (Å²) in [5.74, 6) is 2.98. The zero-order chi connectivity index (χ0) is 20.4. The number of benzene rings is 1. The number of rotatable bonds is 11. The van der Waals surface area contributed by atoms with Gasteiger partial charge in [-0.05, 0) is 41.0 Å². The fraction of sp³-hybridized carbons (Fsp3) is 0.565. The van der Waals surface area contributed by atoms with E-state index in [0.717, 1.165) is 18.1 Å². The molecular formula is C23H34O3S2. The molecule has 1 aromatic heterocycles. The fourth-order valence-electron chi connectivity index (χ4n) is 2.52. The molecule has 0 spiro atoms. The smallest absolute Gasteiger partial charge is 0.119 e. The van der Waals surface area contributed by atoms with Gasteiger partial charge < -0.3 is 14.2 Å². The van der Waals surface area contributed by atoms with Crippen LogP contribution in [0, 0.1) is 5.92 Å². The van der Waals surface area contributed by atoms with Crippen LogP contribution in [0.3, 0.4) is 0 Å². The van der Waals surface area contributed by atoms with Crippen LogP contribution in [0.5, 0.6) is 5.75 Å². The predicted octanol–water partition coefficient (Wildman–Crippen LogP) is 6.49. The van der Waals surface area contributed by atoms with Crippen LogP contribution in [0.4, 0.5) is 0 Å². The Morgan fingerprint density at radius 2 is 1.86 bits per heavy atom. The lowest BCUT2D eigenvalue weighted by atomic mass is 9.90. The van der Waals surface area contributed by atoms with Crippen molar-refractivity contribution in [1.82, 2.24) is 0 Å². The van der Waals surface area contributed by atoms with Gasteiger partial charge in [0.1, 0.15) is 24.6 Å². The highest BCUT2D eigenvalue weighted by atomic mass is 32.2. The molecule has 1 fully saturated rings. The van der Waals surface area contributed by atoms with Crippen molar-refractivity contribution in [3.8, 4) is 5.75 Å². The molecule has 28 heavy (non-hydrogen) atoms. The van der Waals surface area contributed by atoms with Crippen molar-refractivity contribution < 1.29 is 14.2 Å². The number of thioether (sulfide) groups is 1. The van der Waals surface area contributed by atoms with Crippen LogP contribution in [0.25, 0.3) is 0 Å². The second-order valence-electron chi connectivity index (χ2n) is 7.09. The Morgan fingerprint density at radius 3 is 2.43 bits per heavy atom. The standard InChI is InChI=1S/C21H28O3S2.C2H6/c1-15(2)16(3)17-4-6-18(7-5-17)22-12-20(24-11-19-10-23-19)13-26-21-8-9-25-14-21;1-2/h4-9,14-16,19-20H,10-13H2,1-3H3;1-2H3. The Bertz CT molecular complexity index is 636. The Balaban J connectivity index is 0.00000136. The van der Waals surface area contributed by atoms with Gasteiger partial charge in [0.25, 0.3) is 0 Å². The average Bonchev–Trinajstić information content (AvgIpc) is 3.41. The van der Waals surface area contributed by atoms with Gasteiger partial charge >= 0.3 is 0 Å². The van der Waals surface area contributed by atoms with E-state index in [2.05, 4.69) is 61.9 Å². The zero-order valence-electron chi connectivity index (χ0n) is 17.7. The summed E-state index contributed by atoms with van der Waals surface area (Å²) >= 11 is 3.54. The lowest BCUT2D eigenvalue weighted by Crippen LogP contribution is -2.26. The van der Waals surface area contributed by atoms with Crippen molar-refractivity contribution in [2.24, 2.45) is 5.92 Å². The highest BCUT2D eigenvalue weighted by Crippen LogP contribution is 2.26. The molecule has 1 aliphatic rings. The summed E-state index contributed by atoms with van der Waals surface area (Å²) in [5, 5.41) is 4.27. The Hall–Kier alpha value is -1.01. The minimum Gasteiger partial charge on any atom is -0.491 e. The Kier molecular flexibility index (Phi) is 10.4. The summed E-state index contributed by atoms with van der Waals surface area (Å²) in [6, 6.07) is 10.6. The second-order valence-corrected chi connectivity index (χ2v) is 8.97. The molecule has 0 aliphatic carbocycles. The molecule has 1 saturated heterocycles. The molecule has 5 heteroatoms. The Labute approximate surface area is 178 Å². The first-order valence-electron chi connectivity index (χ1n) is 10.2. The SMILES string of the molecule is CC.CC(C)C(C)c1ccc(OCC(CSc2ccsc2)OCC2CO2)cc1. The van der Waals surface area contributed by atoms with Crippen LogP contribution in [-0.2, 0) is 9.47 Å². The van der Waals surface area contributed by atoms with Crippen LogP contribution in [0.2, 0.25) is 0 Å². The number of ether oxygens (including phenoxy) is 3. The quantitative estimate of drug-likeness (QED) is 0.306. The minimum absolute atomic E-state index is 0.0540. The van der Waals surface area contributed by atoms with Crippen molar-refractivity contribution in [3.63, 3.8) is 0 Å². The van der Waals surface area contributed by atoms with Gasteiger partial charge in [0, 0.05) is 16.0 Å². The van der Waals surface area contributed by atoms with Crippen molar-refractivity contribution in [3.05, 3.63) is 46.7 Å². The topological polar surface area (TPSA) is 31.0 Å². The number of thiophene rings is 1. The summed E-state index contributed by atoms with van der Waals surface area (Å²) in [4.78, 5) is 1.29. The van der Waals surface area contributed by atoms with E-state index in [1.807, 2.05) is 25.6 Å². The number of hydrogen-bond donors (Lipinski definition) is 0. The largest absolute Gasteiger partial charge is 0.491 e. The first-order chi connectivity index (χ1) is 13.6. The maximum atomic E-state index is 6.01. The van der Waals surface area contributed by atoms with Gasteiger partial charge in [0.05, 0.1) is 13.2 Å². The molecule has 3 nitrogen and oxygen atoms in total. The summed E-state index contributed by atoms with van der Waals surface area (Å²) in [7, 11) is 0. The van der Waals surface area contributed by atoms with Gasteiger partial charge in [-0.15, -0.1) is 11.8 Å². The van der Waals surface area contributed by atoms with Gasteiger partial charge in [0.15, 0.2) is 0 Å². The van der Waals surface area contributed by atoms with E-state index >= 15 is 0 Å². The summed E-state index contributed by atoms with van der Waals surface area (Å²) in [6.07, 6.45) is 0.332.